The predicted octanol–water partition coefficient (Wildman–Crippen LogP) is 1.07. The summed E-state index contributed by atoms with van der Waals surface area (Å²) in [4.78, 5) is 32.0. The van der Waals surface area contributed by atoms with Crippen LogP contribution in [-0.4, -0.2) is 33.2 Å². The van der Waals surface area contributed by atoms with Gasteiger partial charge in [-0.05, 0) is 12.1 Å². The first-order valence-electron chi connectivity index (χ1n) is 3.91. The summed E-state index contributed by atoms with van der Waals surface area (Å²) in [5, 5.41) is 26.2. The largest absolute Gasteiger partial charge is 0.478 e. The van der Waals surface area contributed by atoms with Crippen LogP contribution in [0.2, 0.25) is 0 Å². The van der Waals surface area contributed by atoms with Crippen molar-refractivity contribution in [2.75, 3.05) is 0 Å². The van der Waals surface area contributed by atoms with Crippen LogP contribution in [0.15, 0.2) is 17.0 Å². The summed E-state index contributed by atoms with van der Waals surface area (Å²) in [7, 11) is 0. The van der Waals surface area contributed by atoms with Gasteiger partial charge in [0.25, 0.3) is 0 Å². The molecule has 84 valence electrons. The van der Waals surface area contributed by atoms with Crippen LogP contribution in [0.3, 0.4) is 0 Å². The molecule has 0 aromatic heterocycles. The van der Waals surface area contributed by atoms with E-state index in [1.165, 1.54) is 0 Å². The lowest BCUT2D eigenvalue weighted by Crippen LogP contribution is -2.11. The van der Waals surface area contributed by atoms with Gasteiger partial charge in [0.2, 0.25) is 0 Å². The summed E-state index contributed by atoms with van der Waals surface area (Å²) < 4.78 is 0. The zero-order chi connectivity index (χ0) is 12.5. The number of thiol groups is 1. The molecule has 0 radical (unpaired) electrons. The van der Waals surface area contributed by atoms with Crippen LogP contribution in [0, 0.1) is 0 Å². The summed E-state index contributed by atoms with van der Waals surface area (Å²) in [6, 6.07) is 1.77. The van der Waals surface area contributed by atoms with Gasteiger partial charge < -0.3 is 15.3 Å². The molecule has 0 fully saturated rings. The summed E-state index contributed by atoms with van der Waals surface area (Å²) in [6.07, 6.45) is 0. The van der Waals surface area contributed by atoms with E-state index in [-0.39, 0.29) is 10.5 Å². The van der Waals surface area contributed by atoms with Crippen molar-refractivity contribution in [2.24, 2.45) is 0 Å². The molecule has 7 heteroatoms. The van der Waals surface area contributed by atoms with Gasteiger partial charge in [-0.3, -0.25) is 0 Å². The van der Waals surface area contributed by atoms with Crippen molar-refractivity contribution in [1.82, 2.24) is 0 Å². The zero-order valence-electron chi connectivity index (χ0n) is 7.67. The maximum Gasteiger partial charge on any atom is 0.337 e. The lowest BCUT2D eigenvalue weighted by Gasteiger charge is -2.06. The number of aromatic carboxylic acids is 3. The van der Waals surface area contributed by atoms with Crippen molar-refractivity contribution in [1.29, 1.82) is 0 Å². The Morgan fingerprint density at radius 1 is 0.938 bits per heavy atom. The van der Waals surface area contributed by atoms with Crippen LogP contribution in [0.4, 0.5) is 0 Å². The number of carbonyl (C=O) groups is 3. The fourth-order valence-corrected chi connectivity index (χ4v) is 1.50. The third-order valence-corrected chi connectivity index (χ3v) is 2.16. The third kappa shape index (κ3) is 2.14. The Morgan fingerprint density at radius 3 is 1.88 bits per heavy atom. The Bertz CT molecular complexity index is 493. The molecule has 0 saturated heterocycles. The first-order chi connectivity index (χ1) is 7.34. The van der Waals surface area contributed by atoms with Crippen molar-refractivity contribution < 1.29 is 29.7 Å². The van der Waals surface area contributed by atoms with E-state index in [1.54, 1.807) is 0 Å². The highest BCUT2D eigenvalue weighted by molar-refractivity contribution is 7.80. The molecule has 0 heterocycles. The Labute approximate surface area is 94.5 Å². The van der Waals surface area contributed by atoms with E-state index in [0.717, 1.165) is 12.1 Å². The topological polar surface area (TPSA) is 112 Å². The van der Waals surface area contributed by atoms with E-state index in [9.17, 15) is 14.4 Å². The molecular formula is C9H6O6S. The number of benzene rings is 1. The number of hydrogen-bond acceptors (Lipinski definition) is 4. The smallest absolute Gasteiger partial charge is 0.337 e. The highest BCUT2D eigenvalue weighted by Gasteiger charge is 2.21. The monoisotopic (exact) mass is 242 g/mol. The molecule has 0 spiro atoms. The predicted molar refractivity (Wildman–Crippen MR) is 54.6 cm³/mol. The van der Waals surface area contributed by atoms with Gasteiger partial charge in [0.05, 0.1) is 16.7 Å². The van der Waals surface area contributed by atoms with Gasteiger partial charge in [0.1, 0.15) is 0 Å². The van der Waals surface area contributed by atoms with Crippen molar-refractivity contribution in [3.8, 4) is 0 Å². The molecule has 3 N–H and O–H groups in total. The fraction of sp³-hybridized carbons (Fsp3) is 0. The maximum absolute atomic E-state index is 10.8. The fourth-order valence-electron chi connectivity index (χ4n) is 1.14. The first kappa shape index (κ1) is 12.1. The Kier molecular flexibility index (Phi) is 3.19. The molecule has 16 heavy (non-hydrogen) atoms. The van der Waals surface area contributed by atoms with Crippen LogP contribution in [0.1, 0.15) is 31.1 Å². The Balaban J connectivity index is 3.58. The highest BCUT2D eigenvalue weighted by atomic mass is 32.1. The molecule has 6 nitrogen and oxygen atoms in total. The second-order valence-corrected chi connectivity index (χ2v) is 3.32. The van der Waals surface area contributed by atoms with Gasteiger partial charge in [-0.2, -0.15) is 0 Å². The third-order valence-electron chi connectivity index (χ3n) is 1.81. The van der Waals surface area contributed by atoms with E-state index >= 15 is 0 Å². The zero-order valence-corrected chi connectivity index (χ0v) is 8.56. The maximum atomic E-state index is 10.8. The lowest BCUT2D eigenvalue weighted by molar-refractivity contribution is 0.0646. The molecule has 0 aliphatic rings. The summed E-state index contributed by atoms with van der Waals surface area (Å²) in [5.41, 5.74) is -1.45. The van der Waals surface area contributed by atoms with Crippen LogP contribution in [-0.2, 0) is 0 Å². The molecule has 0 saturated carbocycles. The van der Waals surface area contributed by atoms with Crippen LogP contribution < -0.4 is 0 Å². The molecule has 0 atom stereocenters. The molecule has 0 bridgehead atoms. The molecule has 0 unspecified atom stereocenters. The first-order valence-corrected chi connectivity index (χ1v) is 4.36. The van der Waals surface area contributed by atoms with E-state index < -0.39 is 29.0 Å². The average Bonchev–Trinajstić information content (AvgIpc) is 2.15. The molecule has 0 aliphatic heterocycles. The van der Waals surface area contributed by atoms with Crippen LogP contribution in [0.25, 0.3) is 0 Å². The van der Waals surface area contributed by atoms with Gasteiger partial charge >= 0.3 is 17.9 Å². The number of hydrogen-bond donors (Lipinski definition) is 4. The summed E-state index contributed by atoms with van der Waals surface area (Å²) in [6.45, 7) is 0. The minimum Gasteiger partial charge on any atom is -0.478 e. The second-order valence-electron chi connectivity index (χ2n) is 2.83. The van der Waals surface area contributed by atoms with Crippen LogP contribution >= 0.6 is 12.6 Å². The van der Waals surface area contributed by atoms with Gasteiger partial charge in [-0.25, -0.2) is 14.4 Å². The highest BCUT2D eigenvalue weighted by Crippen LogP contribution is 2.21. The quantitative estimate of drug-likeness (QED) is 0.590. The molecular weight excluding hydrogens is 236 g/mol. The standard InChI is InChI=1S/C9H6O6S/c10-7(11)3-1-4(8(12)13)6(9(14)15)5(16)2-3/h1-2,16H,(H,10,11)(H,12,13)(H,14,15). The van der Waals surface area contributed by atoms with E-state index in [1.807, 2.05) is 0 Å². The van der Waals surface area contributed by atoms with Crippen molar-refractivity contribution >= 4 is 30.5 Å². The summed E-state index contributed by atoms with van der Waals surface area (Å²) >= 11 is 3.76. The minimum absolute atomic E-state index is 0.204. The van der Waals surface area contributed by atoms with Crippen molar-refractivity contribution in [3.63, 3.8) is 0 Å². The normalized spacial score (nSPS) is 9.81. The molecule has 1 aromatic rings. The van der Waals surface area contributed by atoms with Gasteiger partial charge in [0.15, 0.2) is 0 Å². The van der Waals surface area contributed by atoms with Crippen molar-refractivity contribution in [2.45, 2.75) is 4.90 Å². The average molecular weight is 242 g/mol. The molecule has 1 aromatic carbocycles. The van der Waals surface area contributed by atoms with Gasteiger partial charge in [-0.1, -0.05) is 0 Å². The molecule has 0 aliphatic carbocycles. The Hall–Kier alpha value is -2.02. The van der Waals surface area contributed by atoms with Crippen LogP contribution in [0.5, 0.6) is 0 Å². The number of carboxylic acid groups (broad SMARTS) is 3. The number of rotatable bonds is 3. The van der Waals surface area contributed by atoms with Gasteiger partial charge in [-0.15, -0.1) is 12.6 Å². The molecule has 0 amide bonds. The minimum atomic E-state index is -1.52. The van der Waals surface area contributed by atoms with E-state index in [0.29, 0.717) is 0 Å². The van der Waals surface area contributed by atoms with Gasteiger partial charge in [0, 0.05) is 4.90 Å². The molecule has 1 rings (SSSR count). The number of carboxylic acids is 3. The lowest BCUT2D eigenvalue weighted by atomic mass is 10.0. The van der Waals surface area contributed by atoms with Crippen molar-refractivity contribution in [3.05, 3.63) is 28.8 Å². The van der Waals surface area contributed by atoms with E-state index in [2.05, 4.69) is 12.6 Å². The Morgan fingerprint density at radius 2 is 1.50 bits per heavy atom. The summed E-state index contributed by atoms with van der Waals surface area (Å²) in [5.74, 6) is -4.34. The van der Waals surface area contributed by atoms with E-state index in [4.69, 9.17) is 15.3 Å². The second kappa shape index (κ2) is 4.23. The SMILES string of the molecule is O=C(O)c1cc(S)c(C(=O)O)c(C(=O)O)c1.